The average molecular weight is 535 g/mol. The standard InChI is InChI=1S/C24H23FN2O9S/c1-13-4-10-17(11-5-13)37(33,34)36-21-19(26-20(24(21,3)25)18(14(2)28)22(26)29)23(30)35-12-15-6-8-16(9-7-15)27(31)32/h4-11,14,18,20,28H,12H2,1-3H3/t14-,18-,20+,24+/m1/s1. The van der Waals surface area contributed by atoms with Gasteiger partial charge in [-0.2, -0.15) is 8.42 Å². The summed E-state index contributed by atoms with van der Waals surface area (Å²) in [7, 11) is -4.62. The normalized spacial score (nSPS) is 23.8. The highest BCUT2D eigenvalue weighted by molar-refractivity contribution is 7.86. The number of nitro benzene ring substituents is 1. The maximum atomic E-state index is 16.1. The summed E-state index contributed by atoms with van der Waals surface area (Å²) in [5.74, 6) is -4.20. The molecule has 11 nitrogen and oxygen atoms in total. The van der Waals surface area contributed by atoms with Crippen LogP contribution in [0.2, 0.25) is 0 Å². The highest BCUT2D eigenvalue weighted by atomic mass is 32.2. The van der Waals surface area contributed by atoms with Crippen molar-refractivity contribution >= 4 is 27.7 Å². The molecule has 13 heteroatoms. The maximum absolute atomic E-state index is 16.1. The van der Waals surface area contributed by atoms with E-state index in [1.807, 2.05) is 0 Å². The predicted molar refractivity (Wildman–Crippen MR) is 125 cm³/mol. The molecular weight excluding hydrogens is 511 g/mol. The quantitative estimate of drug-likeness (QED) is 0.177. The fraction of sp³-hybridized carbons (Fsp3) is 0.333. The van der Waals surface area contributed by atoms with Gasteiger partial charge in [0, 0.05) is 12.1 Å². The highest BCUT2D eigenvalue weighted by Gasteiger charge is 2.69. The van der Waals surface area contributed by atoms with Gasteiger partial charge in [0.1, 0.15) is 11.5 Å². The van der Waals surface area contributed by atoms with Crippen molar-refractivity contribution in [1.29, 1.82) is 0 Å². The molecule has 37 heavy (non-hydrogen) atoms. The molecule has 2 aromatic carbocycles. The maximum Gasteiger partial charge on any atom is 0.359 e. The Morgan fingerprint density at radius 3 is 2.35 bits per heavy atom. The second-order valence-corrected chi connectivity index (χ2v) is 10.6. The molecule has 4 atom stereocenters. The van der Waals surface area contributed by atoms with E-state index < -0.39 is 68.7 Å². The number of amides is 1. The number of nitro groups is 1. The summed E-state index contributed by atoms with van der Waals surface area (Å²) in [6, 6.07) is 9.19. The first-order valence-electron chi connectivity index (χ1n) is 11.1. The SMILES string of the molecule is Cc1ccc(S(=O)(=O)OC2=C(C(=O)OCc3ccc([N+](=O)[O-])cc3)N3C(=O)[C@H]([C@@H](C)O)[C@H]3[C@]2(C)F)cc1. The smallest absolute Gasteiger partial charge is 0.359 e. The van der Waals surface area contributed by atoms with Crippen LogP contribution in [0.15, 0.2) is 64.9 Å². The minimum atomic E-state index is -4.62. The van der Waals surface area contributed by atoms with Gasteiger partial charge in [-0.25, -0.2) is 9.18 Å². The van der Waals surface area contributed by atoms with Gasteiger partial charge in [-0.15, -0.1) is 0 Å². The van der Waals surface area contributed by atoms with Crippen LogP contribution in [0, 0.1) is 23.0 Å². The van der Waals surface area contributed by atoms with E-state index in [0.717, 1.165) is 17.4 Å². The second-order valence-electron chi connectivity index (χ2n) is 9.02. The Morgan fingerprint density at radius 2 is 1.81 bits per heavy atom. The number of nitrogens with zero attached hydrogens (tertiary/aromatic N) is 2. The number of non-ortho nitro benzene ring substituents is 1. The molecule has 4 rings (SSSR count). The van der Waals surface area contributed by atoms with E-state index in [-0.39, 0.29) is 10.6 Å². The molecule has 0 radical (unpaired) electrons. The molecule has 0 aromatic heterocycles. The van der Waals surface area contributed by atoms with Crippen LogP contribution < -0.4 is 0 Å². The number of hydrogen-bond acceptors (Lipinski definition) is 9. The lowest BCUT2D eigenvalue weighted by molar-refractivity contribution is -0.384. The number of benzene rings is 2. The molecular formula is C24H23FN2O9S. The van der Waals surface area contributed by atoms with Crippen molar-refractivity contribution in [2.45, 2.75) is 50.1 Å². The summed E-state index contributed by atoms with van der Waals surface area (Å²) >= 11 is 0. The first-order chi connectivity index (χ1) is 17.3. The molecule has 1 fully saturated rings. The number of aliphatic hydroxyl groups excluding tert-OH is 1. The summed E-state index contributed by atoms with van der Waals surface area (Å²) in [4.78, 5) is 36.5. The van der Waals surface area contributed by atoms with Crippen LogP contribution in [0.1, 0.15) is 25.0 Å². The molecule has 0 unspecified atom stereocenters. The number of aryl methyl sites for hydroxylation is 1. The van der Waals surface area contributed by atoms with Gasteiger partial charge >= 0.3 is 16.1 Å². The Labute approximate surface area is 211 Å². The second kappa shape index (κ2) is 9.23. The molecule has 1 N–H and O–H groups in total. The summed E-state index contributed by atoms with van der Waals surface area (Å²) in [5, 5.41) is 20.8. The molecule has 2 heterocycles. The van der Waals surface area contributed by atoms with E-state index in [0.29, 0.717) is 5.56 Å². The molecule has 2 aromatic rings. The van der Waals surface area contributed by atoms with Crippen LogP contribution in [0.4, 0.5) is 10.1 Å². The number of carbonyl (C=O) groups excluding carboxylic acids is 2. The molecule has 0 saturated carbocycles. The molecule has 0 aliphatic carbocycles. The number of halogens is 1. The summed E-state index contributed by atoms with van der Waals surface area (Å²) in [6.07, 6.45) is -1.28. The number of rotatable bonds is 8. The first kappa shape index (κ1) is 26.2. The van der Waals surface area contributed by atoms with Crippen LogP contribution in [-0.4, -0.2) is 53.0 Å². The van der Waals surface area contributed by atoms with Gasteiger partial charge in [0.25, 0.3) is 5.69 Å². The predicted octanol–water partition coefficient (Wildman–Crippen LogP) is 2.51. The topological polar surface area (TPSA) is 153 Å². The number of β-lactam (4-membered cyclic amide) rings is 1. The molecule has 196 valence electrons. The number of aliphatic hydroxyl groups is 1. The Hall–Kier alpha value is -3.84. The van der Waals surface area contributed by atoms with Gasteiger partial charge in [-0.05, 0) is 50.6 Å². The zero-order valence-electron chi connectivity index (χ0n) is 20.0. The summed E-state index contributed by atoms with van der Waals surface area (Å²) < 4.78 is 52.4. The van der Waals surface area contributed by atoms with Gasteiger partial charge in [0.2, 0.25) is 5.91 Å². The zero-order chi connectivity index (χ0) is 27.3. The lowest BCUT2D eigenvalue weighted by atomic mass is 9.77. The van der Waals surface area contributed by atoms with Crippen molar-refractivity contribution in [3.63, 3.8) is 0 Å². The van der Waals surface area contributed by atoms with Gasteiger partial charge in [-0.3, -0.25) is 19.8 Å². The highest BCUT2D eigenvalue weighted by Crippen LogP contribution is 2.52. The lowest BCUT2D eigenvalue weighted by Crippen LogP contribution is -2.67. The van der Waals surface area contributed by atoms with E-state index in [9.17, 15) is 33.2 Å². The fourth-order valence-electron chi connectivity index (χ4n) is 4.39. The van der Waals surface area contributed by atoms with Crippen molar-refractivity contribution in [2.75, 3.05) is 0 Å². The molecule has 1 amide bonds. The molecule has 2 aliphatic heterocycles. The van der Waals surface area contributed by atoms with Crippen molar-refractivity contribution in [3.8, 4) is 0 Å². The van der Waals surface area contributed by atoms with Crippen molar-refractivity contribution < 1.29 is 41.3 Å². The number of alkyl halides is 1. The minimum Gasteiger partial charge on any atom is -0.456 e. The van der Waals surface area contributed by atoms with Crippen molar-refractivity contribution in [3.05, 3.63) is 81.2 Å². The van der Waals surface area contributed by atoms with E-state index in [4.69, 9.17) is 8.92 Å². The lowest BCUT2D eigenvalue weighted by Gasteiger charge is -2.47. The molecule has 0 bridgehead atoms. The van der Waals surface area contributed by atoms with Crippen LogP contribution in [0.3, 0.4) is 0 Å². The van der Waals surface area contributed by atoms with Crippen molar-refractivity contribution in [1.82, 2.24) is 4.90 Å². The third-order valence-corrected chi connectivity index (χ3v) is 7.56. The third kappa shape index (κ3) is 4.55. The van der Waals surface area contributed by atoms with E-state index in [2.05, 4.69) is 0 Å². The molecule has 0 spiro atoms. The molecule has 1 saturated heterocycles. The third-order valence-electron chi connectivity index (χ3n) is 6.33. The van der Waals surface area contributed by atoms with Crippen LogP contribution >= 0.6 is 0 Å². The first-order valence-corrected chi connectivity index (χ1v) is 12.5. The van der Waals surface area contributed by atoms with Crippen LogP contribution in [0.5, 0.6) is 0 Å². The number of hydrogen-bond donors (Lipinski definition) is 1. The monoisotopic (exact) mass is 534 g/mol. The number of esters is 1. The Kier molecular flexibility index (Phi) is 6.54. The van der Waals surface area contributed by atoms with E-state index in [1.54, 1.807) is 6.92 Å². The van der Waals surface area contributed by atoms with Crippen LogP contribution in [0.25, 0.3) is 0 Å². The van der Waals surface area contributed by atoms with Gasteiger partial charge in [0.05, 0.1) is 23.0 Å². The number of ether oxygens (including phenoxy) is 1. The van der Waals surface area contributed by atoms with Crippen molar-refractivity contribution in [2.24, 2.45) is 5.92 Å². The summed E-state index contributed by atoms with van der Waals surface area (Å²) in [5.41, 5.74) is -2.45. The molecule has 2 aliphatic rings. The van der Waals surface area contributed by atoms with Gasteiger partial charge in [-0.1, -0.05) is 17.7 Å². The zero-order valence-corrected chi connectivity index (χ0v) is 20.8. The Bertz CT molecular complexity index is 1400. The largest absolute Gasteiger partial charge is 0.456 e. The van der Waals surface area contributed by atoms with E-state index in [1.165, 1.54) is 55.5 Å². The van der Waals surface area contributed by atoms with Gasteiger partial charge < -0.3 is 14.0 Å². The Balaban J connectivity index is 1.69. The summed E-state index contributed by atoms with van der Waals surface area (Å²) in [6.45, 7) is 3.57. The fourth-order valence-corrected chi connectivity index (χ4v) is 5.42. The Morgan fingerprint density at radius 1 is 1.22 bits per heavy atom. The van der Waals surface area contributed by atoms with Crippen LogP contribution in [-0.2, 0) is 35.2 Å². The van der Waals surface area contributed by atoms with E-state index >= 15 is 4.39 Å². The van der Waals surface area contributed by atoms with Gasteiger partial charge in [0.15, 0.2) is 17.1 Å². The average Bonchev–Trinajstić information content (AvgIpc) is 3.01. The number of fused-ring (bicyclic) bond motifs is 1. The minimum absolute atomic E-state index is 0.183. The number of carbonyl (C=O) groups is 2.